The predicted molar refractivity (Wildman–Crippen MR) is 69.0 cm³/mol. The highest BCUT2D eigenvalue weighted by atomic mass is 19.1. The third-order valence-electron chi connectivity index (χ3n) is 2.62. The zero-order valence-electron chi connectivity index (χ0n) is 10.9. The fourth-order valence-corrected chi connectivity index (χ4v) is 1.58. The van der Waals surface area contributed by atoms with Crippen molar-refractivity contribution in [1.29, 1.82) is 0 Å². The highest BCUT2D eigenvalue weighted by molar-refractivity contribution is 5.30. The maximum atomic E-state index is 13.7. The van der Waals surface area contributed by atoms with Crippen molar-refractivity contribution in [3.05, 3.63) is 29.6 Å². The summed E-state index contributed by atoms with van der Waals surface area (Å²) in [5.41, 5.74) is 0.619. The van der Waals surface area contributed by atoms with E-state index in [1.165, 1.54) is 6.42 Å². The molecule has 0 bridgehead atoms. The summed E-state index contributed by atoms with van der Waals surface area (Å²) < 4.78 is 19.2. The number of nitrogens with one attached hydrogen (secondary N) is 1. The summed E-state index contributed by atoms with van der Waals surface area (Å²) in [6.07, 6.45) is 2.31. The zero-order chi connectivity index (χ0) is 12.7. The summed E-state index contributed by atoms with van der Waals surface area (Å²) in [5, 5.41) is 3.29. The van der Waals surface area contributed by atoms with Crippen molar-refractivity contribution in [2.45, 2.75) is 39.7 Å². The first-order valence-electron chi connectivity index (χ1n) is 6.27. The van der Waals surface area contributed by atoms with Crippen molar-refractivity contribution in [3.63, 3.8) is 0 Å². The molecule has 17 heavy (non-hydrogen) atoms. The molecule has 0 spiro atoms. The molecule has 0 aliphatic rings. The number of aryl methyl sites for hydroxylation is 1. The van der Waals surface area contributed by atoms with E-state index in [0.29, 0.717) is 11.3 Å². The molecule has 1 unspecified atom stereocenters. The van der Waals surface area contributed by atoms with Gasteiger partial charge in [-0.3, -0.25) is 0 Å². The van der Waals surface area contributed by atoms with E-state index in [-0.39, 0.29) is 11.9 Å². The summed E-state index contributed by atoms with van der Waals surface area (Å²) in [6, 6.07) is 5.22. The molecule has 1 aromatic rings. The van der Waals surface area contributed by atoms with Gasteiger partial charge in [0.05, 0.1) is 0 Å². The minimum atomic E-state index is -0.257. The van der Waals surface area contributed by atoms with E-state index in [1.54, 1.807) is 19.1 Å². The first-order chi connectivity index (χ1) is 8.15. The number of halogens is 1. The zero-order valence-corrected chi connectivity index (χ0v) is 10.9. The SMILES string of the molecule is CCCCNCC(C)Oc1cccc(C)c1F. The molecule has 0 aliphatic carbocycles. The Morgan fingerprint density at radius 2 is 2.18 bits per heavy atom. The maximum absolute atomic E-state index is 13.7. The van der Waals surface area contributed by atoms with E-state index in [1.807, 2.05) is 13.0 Å². The van der Waals surface area contributed by atoms with Gasteiger partial charge < -0.3 is 10.1 Å². The Morgan fingerprint density at radius 3 is 2.88 bits per heavy atom. The molecule has 0 fully saturated rings. The van der Waals surface area contributed by atoms with Crippen molar-refractivity contribution < 1.29 is 9.13 Å². The number of benzene rings is 1. The van der Waals surface area contributed by atoms with E-state index in [9.17, 15) is 4.39 Å². The fourth-order valence-electron chi connectivity index (χ4n) is 1.58. The predicted octanol–water partition coefficient (Wildman–Crippen LogP) is 3.29. The van der Waals surface area contributed by atoms with Gasteiger partial charge in [-0.05, 0) is 38.4 Å². The Morgan fingerprint density at radius 1 is 1.41 bits per heavy atom. The Balaban J connectivity index is 2.39. The van der Waals surface area contributed by atoms with Gasteiger partial charge in [-0.25, -0.2) is 4.39 Å². The second kappa shape index (κ2) is 7.28. The number of hydrogen-bond donors (Lipinski definition) is 1. The van der Waals surface area contributed by atoms with Gasteiger partial charge in [-0.1, -0.05) is 25.5 Å². The highest BCUT2D eigenvalue weighted by Crippen LogP contribution is 2.20. The number of hydrogen-bond acceptors (Lipinski definition) is 2. The summed E-state index contributed by atoms with van der Waals surface area (Å²) in [6.45, 7) is 7.57. The molecule has 1 N–H and O–H groups in total. The molecule has 0 saturated carbocycles. The molecule has 0 aliphatic heterocycles. The molecule has 2 nitrogen and oxygen atoms in total. The average molecular weight is 239 g/mol. The normalized spacial score (nSPS) is 12.5. The van der Waals surface area contributed by atoms with Gasteiger partial charge in [0.1, 0.15) is 6.10 Å². The summed E-state index contributed by atoms with van der Waals surface area (Å²) in [5.74, 6) is 0.0858. The smallest absolute Gasteiger partial charge is 0.167 e. The van der Waals surface area contributed by atoms with Crippen LogP contribution in [0.5, 0.6) is 5.75 Å². The van der Waals surface area contributed by atoms with Gasteiger partial charge in [-0.15, -0.1) is 0 Å². The van der Waals surface area contributed by atoms with Crippen LogP contribution >= 0.6 is 0 Å². The lowest BCUT2D eigenvalue weighted by Gasteiger charge is -2.16. The third kappa shape index (κ3) is 4.73. The lowest BCUT2D eigenvalue weighted by molar-refractivity contribution is 0.207. The van der Waals surface area contributed by atoms with Gasteiger partial charge in [0.2, 0.25) is 0 Å². The standard InChI is InChI=1S/C14H22FNO/c1-4-5-9-16-10-12(3)17-13-8-6-7-11(2)14(13)15/h6-8,12,16H,4-5,9-10H2,1-3H3. The van der Waals surface area contributed by atoms with E-state index in [0.717, 1.165) is 19.5 Å². The van der Waals surface area contributed by atoms with Gasteiger partial charge in [0.15, 0.2) is 11.6 Å². The summed E-state index contributed by atoms with van der Waals surface area (Å²) >= 11 is 0. The summed E-state index contributed by atoms with van der Waals surface area (Å²) in [4.78, 5) is 0. The van der Waals surface area contributed by atoms with Crippen LogP contribution in [0.1, 0.15) is 32.3 Å². The average Bonchev–Trinajstić information content (AvgIpc) is 2.31. The molecule has 0 saturated heterocycles. The number of ether oxygens (including phenoxy) is 1. The van der Waals surface area contributed by atoms with Crippen molar-refractivity contribution in [1.82, 2.24) is 5.32 Å². The van der Waals surface area contributed by atoms with E-state index < -0.39 is 0 Å². The van der Waals surface area contributed by atoms with Gasteiger partial charge in [0, 0.05) is 6.54 Å². The molecule has 1 aromatic carbocycles. The molecule has 0 radical (unpaired) electrons. The van der Waals surface area contributed by atoms with Crippen LogP contribution in [0.3, 0.4) is 0 Å². The second-order valence-corrected chi connectivity index (χ2v) is 4.37. The Labute approximate surface area is 103 Å². The monoisotopic (exact) mass is 239 g/mol. The van der Waals surface area contributed by atoms with E-state index in [2.05, 4.69) is 12.2 Å². The number of unbranched alkanes of at least 4 members (excludes halogenated alkanes) is 1. The Hall–Kier alpha value is -1.09. The first kappa shape index (κ1) is 14.0. The van der Waals surface area contributed by atoms with Gasteiger partial charge in [-0.2, -0.15) is 0 Å². The van der Waals surface area contributed by atoms with Gasteiger partial charge >= 0.3 is 0 Å². The van der Waals surface area contributed by atoms with Crippen LogP contribution in [0.2, 0.25) is 0 Å². The molecular weight excluding hydrogens is 217 g/mol. The molecule has 1 rings (SSSR count). The fraction of sp³-hybridized carbons (Fsp3) is 0.571. The number of rotatable bonds is 7. The minimum absolute atomic E-state index is 0.0249. The minimum Gasteiger partial charge on any atom is -0.486 e. The third-order valence-corrected chi connectivity index (χ3v) is 2.62. The van der Waals surface area contributed by atoms with Crippen LogP contribution in [0.15, 0.2) is 18.2 Å². The largest absolute Gasteiger partial charge is 0.486 e. The van der Waals surface area contributed by atoms with Crippen LogP contribution in [-0.4, -0.2) is 19.2 Å². The molecule has 1 atom stereocenters. The van der Waals surface area contributed by atoms with Crippen LogP contribution in [0, 0.1) is 12.7 Å². The first-order valence-corrected chi connectivity index (χ1v) is 6.27. The lowest BCUT2D eigenvalue weighted by atomic mass is 10.2. The van der Waals surface area contributed by atoms with Crippen LogP contribution in [-0.2, 0) is 0 Å². The van der Waals surface area contributed by atoms with Gasteiger partial charge in [0.25, 0.3) is 0 Å². The van der Waals surface area contributed by atoms with E-state index in [4.69, 9.17) is 4.74 Å². The molecule has 96 valence electrons. The van der Waals surface area contributed by atoms with Crippen LogP contribution < -0.4 is 10.1 Å². The quantitative estimate of drug-likeness (QED) is 0.737. The Bertz CT molecular complexity index is 341. The van der Waals surface area contributed by atoms with Crippen LogP contribution in [0.25, 0.3) is 0 Å². The lowest BCUT2D eigenvalue weighted by Crippen LogP contribution is -2.29. The van der Waals surface area contributed by atoms with E-state index >= 15 is 0 Å². The van der Waals surface area contributed by atoms with Crippen molar-refractivity contribution in [3.8, 4) is 5.75 Å². The summed E-state index contributed by atoms with van der Waals surface area (Å²) in [7, 11) is 0. The maximum Gasteiger partial charge on any atom is 0.167 e. The molecule has 0 amide bonds. The van der Waals surface area contributed by atoms with Crippen molar-refractivity contribution in [2.75, 3.05) is 13.1 Å². The Kier molecular flexibility index (Phi) is 5.98. The molecular formula is C14H22FNO. The van der Waals surface area contributed by atoms with Crippen molar-refractivity contribution >= 4 is 0 Å². The molecule has 0 heterocycles. The molecule has 3 heteroatoms. The highest BCUT2D eigenvalue weighted by Gasteiger charge is 2.09. The second-order valence-electron chi connectivity index (χ2n) is 4.37. The molecule has 0 aromatic heterocycles. The van der Waals surface area contributed by atoms with Crippen LogP contribution in [0.4, 0.5) is 4.39 Å². The topological polar surface area (TPSA) is 21.3 Å². The van der Waals surface area contributed by atoms with Crippen molar-refractivity contribution in [2.24, 2.45) is 0 Å².